The topological polar surface area (TPSA) is 69.7 Å². The Morgan fingerprint density at radius 1 is 0.587 bits per heavy atom. The lowest BCUT2D eigenvalue weighted by Crippen LogP contribution is -2.34. The van der Waals surface area contributed by atoms with E-state index in [0.717, 1.165) is 60.8 Å². The summed E-state index contributed by atoms with van der Waals surface area (Å²) in [6, 6.07) is 47.1. The van der Waals surface area contributed by atoms with E-state index in [2.05, 4.69) is 33.3 Å². The van der Waals surface area contributed by atoms with E-state index in [1.807, 2.05) is 152 Å². The van der Waals surface area contributed by atoms with Crippen LogP contribution in [0, 0.1) is 16.7 Å². The minimum atomic E-state index is 0.0497. The molecule has 5 nitrogen and oxygen atoms in total. The first-order valence-electron chi connectivity index (χ1n) is 21.1. The third-order valence-electron chi connectivity index (χ3n) is 12.5. The summed E-state index contributed by atoms with van der Waals surface area (Å²) in [6.07, 6.45) is 10.7. The number of hydrogen-bond acceptors (Lipinski definition) is 8. The van der Waals surface area contributed by atoms with Gasteiger partial charge in [-0.3, -0.25) is 14.4 Å². The van der Waals surface area contributed by atoms with Crippen molar-refractivity contribution in [3.8, 4) is 11.5 Å². The zero-order chi connectivity index (χ0) is 45.1. The molecule has 2 aliphatic rings. The first-order valence-corrected chi connectivity index (χ1v) is 26.0. The standard InChI is InChI=1S/C22H21O2S2.C21H18O2S2.C11H18O/c1-24-18-8-12-20(13-9-18)25-19-10-4-16(5-11-19)22(23)17-6-14-21(15-7-17)26(2)3;1-23-17-7-13-20(14-8-17)25-19-11-5-16(6-12-19)21(22)15-3-9-18(24-2)10-4-15;1-4-11-6-5-8(7-9(11)12)10(11,2)3/h4-15H,1-3H3;3-14H,1-2H3;8H,4-7H2,1-3H3/q+1;;. The van der Waals surface area contributed by atoms with Gasteiger partial charge < -0.3 is 9.47 Å². The average Bonchev–Trinajstić information content (AvgIpc) is 3.69. The predicted molar refractivity (Wildman–Crippen MR) is 265 cm³/mol. The molecule has 326 valence electrons. The maximum Gasteiger partial charge on any atom is 0.193 e. The minimum absolute atomic E-state index is 0.0497. The number of carbonyl (C=O) groups excluding carboxylic acids is 3. The Hall–Kier alpha value is -4.67. The van der Waals surface area contributed by atoms with Crippen molar-refractivity contribution in [2.75, 3.05) is 33.0 Å². The first kappa shape index (κ1) is 47.8. The van der Waals surface area contributed by atoms with Crippen LogP contribution < -0.4 is 9.47 Å². The van der Waals surface area contributed by atoms with Crippen LogP contribution in [0.3, 0.4) is 0 Å². The predicted octanol–water partition coefficient (Wildman–Crippen LogP) is 13.9. The molecule has 63 heavy (non-hydrogen) atoms. The second kappa shape index (κ2) is 21.8. The molecule has 2 fully saturated rings. The van der Waals surface area contributed by atoms with Gasteiger partial charge >= 0.3 is 0 Å². The molecule has 6 aromatic rings. The number of methoxy groups -OCH3 is 2. The smallest absolute Gasteiger partial charge is 0.193 e. The molecule has 0 N–H and O–H groups in total. The van der Waals surface area contributed by atoms with Crippen LogP contribution in [-0.4, -0.2) is 50.3 Å². The van der Waals surface area contributed by atoms with E-state index >= 15 is 0 Å². The molecule has 2 atom stereocenters. The molecular weight excluding hydrogens is 857 g/mol. The van der Waals surface area contributed by atoms with Gasteiger partial charge in [-0.05, 0) is 182 Å². The van der Waals surface area contributed by atoms with Crippen LogP contribution in [0.4, 0.5) is 0 Å². The second-order valence-corrected chi connectivity index (χ2v) is 21.6. The molecule has 0 saturated heterocycles. The van der Waals surface area contributed by atoms with E-state index in [-0.39, 0.29) is 27.9 Å². The number of benzene rings is 6. The molecule has 2 unspecified atom stereocenters. The molecule has 2 aliphatic carbocycles. The number of fused-ring (bicyclic) bond motifs is 2. The average molecular weight is 914 g/mol. The van der Waals surface area contributed by atoms with Crippen LogP contribution in [0.15, 0.2) is 175 Å². The molecule has 2 bridgehead atoms. The van der Waals surface area contributed by atoms with Crippen molar-refractivity contribution < 1.29 is 23.9 Å². The molecule has 0 radical (unpaired) electrons. The summed E-state index contributed by atoms with van der Waals surface area (Å²) < 4.78 is 10.3. The molecule has 6 aromatic carbocycles. The van der Waals surface area contributed by atoms with Crippen LogP contribution in [0.5, 0.6) is 11.5 Å². The lowest BCUT2D eigenvalue weighted by molar-refractivity contribution is -0.129. The van der Waals surface area contributed by atoms with Crippen LogP contribution in [0.2, 0.25) is 0 Å². The van der Waals surface area contributed by atoms with Crippen molar-refractivity contribution in [2.24, 2.45) is 16.7 Å². The van der Waals surface area contributed by atoms with Crippen molar-refractivity contribution in [2.45, 2.75) is 75.8 Å². The highest BCUT2D eigenvalue weighted by Gasteiger charge is 2.62. The maximum absolute atomic E-state index is 12.6. The van der Waals surface area contributed by atoms with E-state index in [1.165, 1.54) is 11.3 Å². The Kier molecular flexibility index (Phi) is 16.5. The summed E-state index contributed by atoms with van der Waals surface area (Å²) in [5.74, 6) is 3.03. The monoisotopic (exact) mass is 913 g/mol. The summed E-state index contributed by atoms with van der Waals surface area (Å²) in [6.45, 7) is 6.76. The lowest BCUT2D eigenvalue weighted by atomic mass is 9.67. The fraction of sp³-hybridized carbons (Fsp3) is 0.278. The zero-order valence-corrected chi connectivity index (χ0v) is 40.7. The number of Topliss-reactive ketones (excluding diaryl/α,β-unsaturated/α-hetero) is 1. The van der Waals surface area contributed by atoms with E-state index in [0.29, 0.717) is 33.8 Å². The van der Waals surface area contributed by atoms with Gasteiger partial charge in [0.25, 0.3) is 0 Å². The minimum Gasteiger partial charge on any atom is -0.497 e. The van der Waals surface area contributed by atoms with Gasteiger partial charge in [-0.15, -0.1) is 11.8 Å². The number of thioether (sulfide) groups is 1. The molecule has 2 saturated carbocycles. The molecular formula is C54H57O5S4+. The fourth-order valence-electron chi connectivity index (χ4n) is 8.46. The summed E-state index contributed by atoms with van der Waals surface area (Å²) in [5.41, 5.74) is 3.22. The number of carbonyl (C=O) groups is 3. The molecule has 0 heterocycles. The van der Waals surface area contributed by atoms with Gasteiger partial charge in [0, 0.05) is 69.5 Å². The summed E-state index contributed by atoms with van der Waals surface area (Å²) in [4.78, 5) is 43.9. The molecule has 0 spiro atoms. The van der Waals surface area contributed by atoms with Gasteiger partial charge in [0.15, 0.2) is 16.5 Å². The van der Waals surface area contributed by atoms with E-state index in [4.69, 9.17) is 9.47 Å². The zero-order valence-electron chi connectivity index (χ0n) is 37.4. The summed E-state index contributed by atoms with van der Waals surface area (Å²) >= 11 is 4.99. The lowest BCUT2D eigenvalue weighted by Gasteiger charge is -2.35. The highest BCUT2D eigenvalue weighted by Crippen LogP contribution is 2.65. The van der Waals surface area contributed by atoms with E-state index in [1.54, 1.807) is 49.5 Å². The maximum atomic E-state index is 12.6. The van der Waals surface area contributed by atoms with E-state index in [9.17, 15) is 14.4 Å². The Balaban J connectivity index is 0.000000167. The fourth-order valence-corrected chi connectivity index (χ4v) is 11.2. The van der Waals surface area contributed by atoms with Crippen molar-refractivity contribution in [3.63, 3.8) is 0 Å². The van der Waals surface area contributed by atoms with Gasteiger partial charge in [-0.1, -0.05) is 44.3 Å². The normalized spacial score (nSPS) is 17.0. The van der Waals surface area contributed by atoms with Crippen molar-refractivity contribution in [1.29, 1.82) is 0 Å². The Labute approximate surface area is 389 Å². The molecule has 0 aromatic heterocycles. The number of hydrogen-bond donors (Lipinski definition) is 0. The highest BCUT2D eigenvalue weighted by molar-refractivity contribution is 7.99. The van der Waals surface area contributed by atoms with Crippen LogP contribution in [0.1, 0.15) is 78.3 Å². The largest absolute Gasteiger partial charge is 0.497 e. The van der Waals surface area contributed by atoms with Crippen molar-refractivity contribution >= 4 is 63.5 Å². The highest BCUT2D eigenvalue weighted by atomic mass is 32.2. The molecule has 0 aliphatic heterocycles. The van der Waals surface area contributed by atoms with Gasteiger partial charge in [-0.25, -0.2) is 0 Å². The number of rotatable bonds is 13. The Morgan fingerprint density at radius 3 is 1.21 bits per heavy atom. The molecule has 8 rings (SSSR count). The van der Waals surface area contributed by atoms with E-state index < -0.39 is 0 Å². The third-order valence-corrected chi connectivity index (χ3v) is 16.5. The quantitative estimate of drug-likeness (QED) is 0.0645. The van der Waals surface area contributed by atoms with Crippen molar-refractivity contribution in [3.05, 3.63) is 168 Å². The Morgan fingerprint density at radius 2 is 0.937 bits per heavy atom. The van der Waals surface area contributed by atoms with Gasteiger partial charge in [-0.2, -0.15) is 0 Å². The van der Waals surface area contributed by atoms with Crippen LogP contribution >= 0.6 is 35.3 Å². The summed E-state index contributed by atoms with van der Waals surface area (Å²) in [5, 5.41) is 0. The Bertz CT molecular complexity index is 2440. The first-order chi connectivity index (χ1) is 30.3. The van der Waals surface area contributed by atoms with Crippen LogP contribution in [-0.2, 0) is 15.7 Å². The molecule has 9 heteroatoms. The van der Waals surface area contributed by atoms with Crippen molar-refractivity contribution in [1.82, 2.24) is 0 Å². The van der Waals surface area contributed by atoms with Gasteiger partial charge in [0.1, 0.15) is 29.8 Å². The number of ketones is 3. The molecule has 0 amide bonds. The van der Waals surface area contributed by atoms with Crippen LogP contribution in [0.25, 0.3) is 0 Å². The SMILES string of the molecule is CCC12CCC(CC1=O)C2(C)C.COc1ccc(Sc2ccc(C(=O)c3ccc(SC)cc3)cc2)cc1.COc1ccc(Sc2ccc(C(=O)c3ccc([S+](C)C)cc3)cc2)cc1. The van der Waals surface area contributed by atoms with Gasteiger partial charge in [0.05, 0.1) is 14.2 Å². The third kappa shape index (κ3) is 11.5. The second-order valence-electron chi connectivity index (χ2n) is 16.4. The number of ether oxygens (including phenoxy) is 2. The summed E-state index contributed by atoms with van der Waals surface area (Å²) in [7, 11) is 3.53. The van der Waals surface area contributed by atoms with Gasteiger partial charge in [0.2, 0.25) is 0 Å².